The van der Waals surface area contributed by atoms with E-state index in [4.69, 9.17) is 9.15 Å². The monoisotopic (exact) mass is 379 g/mol. The van der Waals surface area contributed by atoms with Crippen molar-refractivity contribution in [3.05, 3.63) is 75.6 Å². The summed E-state index contributed by atoms with van der Waals surface area (Å²) in [4.78, 5) is 26.9. The molecule has 0 radical (unpaired) electrons. The largest absolute Gasteiger partial charge is 0.497 e. The molecule has 0 saturated heterocycles. The minimum absolute atomic E-state index is 0.00928. The van der Waals surface area contributed by atoms with Gasteiger partial charge in [-0.25, -0.2) is 4.79 Å². The zero-order valence-electron chi connectivity index (χ0n) is 16.7. The molecule has 5 nitrogen and oxygen atoms in total. The molecule has 1 unspecified atom stereocenters. The quantitative estimate of drug-likeness (QED) is 0.601. The second kappa shape index (κ2) is 8.30. The van der Waals surface area contributed by atoms with Crippen LogP contribution in [0.4, 0.5) is 0 Å². The van der Waals surface area contributed by atoms with Gasteiger partial charge in [0, 0.05) is 30.5 Å². The van der Waals surface area contributed by atoms with Gasteiger partial charge in [0.1, 0.15) is 11.3 Å². The molecule has 0 bridgehead atoms. The van der Waals surface area contributed by atoms with Crippen LogP contribution in [-0.4, -0.2) is 25.0 Å². The van der Waals surface area contributed by atoms with Crippen LogP contribution in [0.1, 0.15) is 36.1 Å². The molecule has 0 spiro atoms. The van der Waals surface area contributed by atoms with Crippen molar-refractivity contribution in [2.75, 3.05) is 14.2 Å². The highest BCUT2D eigenvalue weighted by molar-refractivity contribution is 5.82. The Morgan fingerprint density at radius 2 is 1.89 bits per heavy atom. The predicted octanol–water partition coefficient (Wildman–Crippen LogP) is 4.26. The van der Waals surface area contributed by atoms with E-state index in [0.29, 0.717) is 23.3 Å². The van der Waals surface area contributed by atoms with E-state index in [2.05, 4.69) is 0 Å². The first-order valence-electron chi connectivity index (χ1n) is 9.33. The standard InChI is InChI=1S/C23H25NO4/c1-15-19-11-10-18(27-4)14-21(19)28-23(26)20(15)12-13-22(25)24(3)16(2)17-8-6-5-7-9-17/h5-11,14,16H,12-13H2,1-4H3. The molecule has 28 heavy (non-hydrogen) atoms. The Bertz CT molecular complexity index is 1040. The lowest BCUT2D eigenvalue weighted by atomic mass is 10.0. The lowest BCUT2D eigenvalue weighted by Gasteiger charge is -2.25. The van der Waals surface area contributed by atoms with E-state index >= 15 is 0 Å². The maximum absolute atomic E-state index is 12.7. The Labute approximate surface area is 164 Å². The van der Waals surface area contributed by atoms with E-state index in [0.717, 1.165) is 16.5 Å². The molecule has 0 fully saturated rings. The number of amides is 1. The summed E-state index contributed by atoms with van der Waals surface area (Å²) in [6.07, 6.45) is 0.599. The molecule has 1 heterocycles. The minimum Gasteiger partial charge on any atom is -0.497 e. The molecular formula is C23H25NO4. The SMILES string of the molecule is COc1ccc2c(C)c(CCC(=O)N(C)C(C)c3ccccc3)c(=O)oc2c1. The first kappa shape index (κ1) is 19.7. The zero-order valence-corrected chi connectivity index (χ0v) is 16.7. The van der Waals surface area contributed by atoms with Gasteiger partial charge in [0.2, 0.25) is 5.91 Å². The van der Waals surface area contributed by atoms with Crippen LogP contribution in [0.2, 0.25) is 0 Å². The zero-order chi connectivity index (χ0) is 20.3. The first-order chi connectivity index (χ1) is 13.4. The Morgan fingerprint density at radius 3 is 2.57 bits per heavy atom. The highest BCUT2D eigenvalue weighted by atomic mass is 16.5. The average molecular weight is 379 g/mol. The molecule has 0 aliphatic carbocycles. The second-order valence-electron chi connectivity index (χ2n) is 6.95. The van der Waals surface area contributed by atoms with Crippen molar-refractivity contribution >= 4 is 16.9 Å². The lowest BCUT2D eigenvalue weighted by Crippen LogP contribution is -2.30. The molecule has 1 atom stereocenters. The number of nitrogens with zero attached hydrogens (tertiary/aromatic N) is 1. The van der Waals surface area contributed by atoms with E-state index in [9.17, 15) is 9.59 Å². The summed E-state index contributed by atoms with van der Waals surface area (Å²) in [7, 11) is 3.36. The highest BCUT2D eigenvalue weighted by Gasteiger charge is 2.19. The van der Waals surface area contributed by atoms with Crippen molar-refractivity contribution in [3.63, 3.8) is 0 Å². The fourth-order valence-corrected chi connectivity index (χ4v) is 3.37. The maximum Gasteiger partial charge on any atom is 0.339 e. The van der Waals surface area contributed by atoms with Gasteiger partial charge in [-0.2, -0.15) is 0 Å². The van der Waals surface area contributed by atoms with Gasteiger partial charge in [0.05, 0.1) is 13.2 Å². The summed E-state index contributed by atoms with van der Waals surface area (Å²) < 4.78 is 10.6. The van der Waals surface area contributed by atoms with Gasteiger partial charge in [-0.05, 0) is 43.5 Å². The molecule has 1 aromatic heterocycles. The van der Waals surface area contributed by atoms with Crippen molar-refractivity contribution in [2.24, 2.45) is 0 Å². The minimum atomic E-state index is -0.398. The van der Waals surface area contributed by atoms with Crippen molar-refractivity contribution in [3.8, 4) is 5.75 Å². The summed E-state index contributed by atoms with van der Waals surface area (Å²) in [5, 5.41) is 0.855. The van der Waals surface area contributed by atoms with Crippen molar-refractivity contribution < 1.29 is 13.9 Å². The van der Waals surface area contributed by atoms with Crippen LogP contribution < -0.4 is 10.4 Å². The maximum atomic E-state index is 12.7. The summed E-state index contributed by atoms with van der Waals surface area (Å²) in [5.41, 5.74) is 2.57. The lowest BCUT2D eigenvalue weighted by molar-refractivity contribution is -0.131. The molecule has 3 aromatic rings. The van der Waals surface area contributed by atoms with Gasteiger partial charge in [-0.3, -0.25) is 4.79 Å². The number of rotatable bonds is 6. The van der Waals surface area contributed by atoms with Gasteiger partial charge in [0.15, 0.2) is 0 Å². The molecule has 2 aromatic carbocycles. The van der Waals surface area contributed by atoms with Gasteiger partial charge < -0.3 is 14.1 Å². The first-order valence-corrected chi connectivity index (χ1v) is 9.33. The third-order valence-corrected chi connectivity index (χ3v) is 5.34. The van der Waals surface area contributed by atoms with Crippen LogP contribution in [0, 0.1) is 6.92 Å². The van der Waals surface area contributed by atoms with Gasteiger partial charge >= 0.3 is 5.63 Å². The van der Waals surface area contributed by atoms with Gasteiger partial charge in [-0.15, -0.1) is 0 Å². The third-order valence-electron chi connectivity index (χ3n) is 5.34. The number of ether oxygens (including phenoxy) is 1. The number of carbonyl (C=O) groups excluding carboxylic acids is 1. The smallest absolute Gasteiger partial charge is 0.339 e. The van der Waals surface area contributed by atoms with Crippen LogP contribution in [0.3, 0.4) is 0 Å². The van der Waals surface area contributed by atoms with Crippen molar-refractivity contribution in [1.82, 2.24) is 4.90 Å². The van der Waals surface area contributed by atoms with Crippen molar-refractivity contribution in [2.45, 2.75) is 32.7 Å². The Balaban J connectivity index is 1.77. The molecule has 0 aliphatic heterocycles. The predicted molar refractivity (Wildman–Crippen MR) is 110 cm³/mol. The van der Waals surface area contributed by atoms with E-state index in [-0.39, 0.29) is 18.4 Å². The van der Waals surface area contributed by atoms with E-state index < -0.39 is 5.63 Å². The van der Waals surface area contributed by atoms with Gasteiger partial charge in [0.25, 0.3) is 0 Å². The number of carbonyl (C=O) groups is 1. The third kappa shape index (κ3) is 3.93. The molecule has 5 heteroatoms. The topological polar surface area (TPSA) is 59.8 Å². The Morgan fingerprint density at radius 1 is 1.18 bits per heavy atom. The normalized spacial score (nSPS) is 12.0. The molecule has 146 valence electrons. The average Bonchev–Trinajstić information content (AvgIpc) is 2.72. The number of aryl methyl sites for hydroxylation is 1. The molecular weight excluding hydrogens is 354 g/mol. The Kier molecular flexibility index (Phi) is 5.83. The Hall–Kier alpha value is -3.08. The fraction of sp³-hybridized carbons (Fsp3) is 0.304. The number of methoxy groups -OCH3 is 1. The van der Waals surface area contributed by atoms with Crippen LogP contribution in [0.5, 0.6) is 5.75 Å². The summed E-state index contributed by atoms with van der Waals surface area (Å²) in [5.74, 6) is 0.625. The van der Waals surface area contributed by atoms with Crippen LogP contribution in [0.15, 0.2) is 57.7 Å². The van der Waals surface area contributed by atoms with Crippen molar-refractivity contribution in [1.29, 1.82) is 0 Å². The summed E-state index contributed by atoms with van der Waals surface area (Å²) in [6, 6.07) is 15.3. The molecule has 0 aliphatic rings. The summed E-state index contributed by atoms with van der Waals surface area (Å²) in [6.45, 7) is 3.89. The number of benzene rings is 2. The van der Waals surface area contributed by atoms with Crippen LogP contribution in [0.25, 0.3) is 11.0 Å². The number of fused-ring (bicyclic) bond motifs is 1. The van der Waals surface area contributed by atoms with E-state index in [1.54, 1.807) is 25.1 Å². The molecule has 0 saturated carbocycles. The molecule has 0 N–H and O–H groups in total. The van der Waals surface area contributed by atoms with E-state index in [1.807, 2.05) is 56.3 Å². The van der Waals surface area contributed by atoms with E-state index in [1.165, 1.54) is 0 Å². The summed E-state index contributed by atoms with van der Waals surface area (Å²) >= 11 is 0. The van der Waals surface area contributed by atoms with Gasteiger partial charge in [-0.1, -0.05) is 30.3 Å². The number of hydrogen-bond donors (Lipinski definition) is 0. The second-order valence-corrected chi connectivity index (χ2v) is 6.95. The molecule has 3 rings (SSSR count). The molecule has 1 amide bonds. The van der Waals surface area contributed by atoms with Crippen LogP contribution >= 0.6 is 0 Å². The fourth-order valence-electron chi connectivity index (χ4n) is 3.37. The van der Waals surface area contributed by atoms with Crippen LogP contribution in [-0.2, 0) is 11.2 Å². The highest BCUT2D eigenvalue weighted by Crippen LogP contribution is 2.25. The number of hydrogen-bond acceptors (Lipinski definition) is 4.